The summed E-state index contributed by atoms with van der Waals surface area (Å²) in [7, 11) is -3.78. The molecule has 5 rings (SSSR count). The third-order valence-corrected chi connectivity index (χ3v) is 8.05. The van der Waals surface area contributed by atoms with Gasteiger partial charge in [0.05, 0.1) is 10.3 Å². The second-order valence-electron chi connectivity index (χ2n) is 8.99. The van der Waals surface area contributed by atoms with Crippen LogP contribution >= 0.6 is 0 Å². The van der Waals surface area contributed by atoms with Crippen molar-refractivity contribution in [3.8, 4) is 0 Å². The summed E-state index contributed by atoms with van der Waals surface area (Å²) >= 11 is 0. The molecule has 36 heavy (non-hydrogen) atoms. The molecule has 2 aromatic carbocycles. The van der Waals surface area contributed by atoms with Crippen LogP contribution in [0, 0.1) is 5.82 Å². The predicted molar refractivity (Wildman–Crippen MR) is 137 cm³/mol. The van der Waals surface area contributed by atoms with E-state index in [1.54, 1.807) is 47.5 Å². The van der Waals surface area contributed by atoms with Gasteiger partial charge in [0.2, 0.25) is 0 Å². The molecule has 1 saturated heterocycles. The summed E-state index contributed by atoms with van der Waals surface area (Å²) < 4.78 is 42.2. The predicted octanol–water partition coefficient (Wildman–Crippen LogP) is 2.30. The normalized spacial score (nSPS) is 16.2. The van der Waals surface area contributed by atoms with Crippen LogP contribution in [0.4, 0.5) is 10.1 Å². The maximum Gasteiger partial charge on any atom is 0.260 e. The summed E-state index contributed by atoms with van der Waals surface area (Å²) in [6.07, 6.45) is 4.61. The largest absolute Gasteiger partial charge is 0.336 e. The molecule has 186 valence electrons. The number of benzene rings is 2. The van der Waals surface area contributed by atoms with Crippen molar-refractivity contribution in [2.45, 2.75) is 19.4 Å². The average Bonchev–Trinajstić information content (AvgIpc) is 2.89. The van der Waals surface area contributed by atoms with Gasteiger partial charge in [0.1, 0.15) is 5.82 Å². The van der Waals surface area contributed by atoms with Crippen LogP contribution < -0.4 is 15.3 Å². The monoisotopic (exact) mass is 506 g/mol. The van der Waals surface area contributed by atoms with Gasteiger partial charge in [-0.1, -0.05) is 24.3 Å². The van der Waals surface area contributed by atoms with Crippen molar-refractivity contribution in [1.82, 2.24) is 14.8 Å². The van der Waals surface area contributed by atoms with Gasteiger partial charge < -0.3 is 4.90 Å². The van der Waals surface area contributed by atoms with Crippen molar-refractivity contribution in [1.29, 1.82) is 0 Å². The number of hydrogen-bond donors (Lipinski definition) is 1. The Morgan fingerprint density at radius 3 is 2.53 bits per heavy atom. The van der Waals surface area contributed by atoms with Gasteiger partial charge in [0.15, 0.2) is 0 Å². The molecule has 0 atom stereocenters. The number of carbonyl (C=O) groups is 1. The van der Waals surface area contributed by atoms with Crippen LogP contribution in [0.2, 0.25) is 0 Å². The van der Waals surface area contributed by atoms with Gasteiger partial charge in [0.25, 0.3) is 15.9 Å². The third kappa shape index (κ3) is 5.32. The van der Waals surface area contributed by atoms with Crippen LogP contribution in [0.1, 0.15) is 28.8 Å². The van der Waals surface area contributed by atoms with Crippen LogP contribution in [-0.4, -0.2) is 55.3 Å². The summed E-state index contributed by atoms with van der Waals surface area (Å²) in [4.78, 5) is 21.5. The average molecular weight is 507 g/mol. The highest BCUT2D eigenvalue weighted by atomic mass is 32.2. The Balaban J connectivity index is 1.22. The van der Waals surface area contributed by atoms with Crippen molar-refractivity contribution in [2.24, 2.45) is 0 Å². The van der Waals surface area contributed by atoms with Crippen LogP contribution in [0.3, 0.4) is 0 Å². The first-order valence-corrected chi connectivity index (χ1v) is 13.4. The molecule has 1 aliphatic heterocycles. The van der Waals surface area contributed by atoms with Crippen molar-refractivity contribution in [3.05, 3.63) is 94.4 Å². The first-order valence-electron chi connectivity index (χ1n) is 11.9. The molecule has 1 aliphatic carbocycles. The standard InChI is InChI=1S/C27H27FN4O3S/c28-23-7-1-4-20(18-23)19-31-14-16-32(17-15-31)27(33)22-9-11-24(12-10-22)30-36(34,35)25-8-2-5-21-6-3-13-29-26(21)25/h1,3-7,9-13,18,30H,2,8,14-17,19H2. The van der Waals surface area contributed by atoms with Gasteiger partial charge >= 0.3 is 0 Å². The first-order chi connectivity index (χ1) is 17.4. The minimum atomic E-state index is -3.78. The molecule has 1 fully saturated rings. The van der Waals surface area contributed by atoms with E-state index in [2.05, 4.69) is 14.6 Å². The molecule has 0 unspecified atom stereocenters. The smallest absolute Gasteiger partial charge is 0.260 e. The Morgan fingerprint density at radius 1 is 1.00 bits per heavy atom. The van der Waals surface area contributed by atoms with Gasteiger partial charge in [0, 0.05) is 50.2 Å². The number of halogens is 1. The Hall–Kier alpha value is -3.56. The highest BCUT2D eigenvalue weighted by Gasteiger charge is 2.24. The van der Waals surface area contributed by atoms with E-state index in [-0.39, 0.29) is 16.6 Å². The lowest BCUT2D eigenvalue weighted by Crippen LogP contribution is -2.48. The molecule has 2 aliphatic rings. The quantitative estimate of drug-likeness (QED) is 0.555. The maximum absolute atomic E-state index is 13.4. The number of sulfonamides is 1. The van der Waals surface area contributed by atoms with Crippen LogP contribution in [0.5, 0.6) is 0 Å². The minimum Gasteiger partial charge on any atom is -0.336 e. The van der Waals surface area contributed by atoms with Gasteiger partial charge in [-0.2, -0.15) is 0 Å². The van der Waals surface area contributed by atoms with E-state index in [1.807, 2.05) is 18.2 Å². The number of aromatic nitrogens is 1. The summed E-state index contributed by atoms with van der Waals surface area (Å²) in [5.41, 5.74) is 1.81. The van der Waals surface area contributed by atoms with Crippen molar-refractivity contribution in [3.63, 3.8) is 0 Å². The van der Waals surface area contributed by atoms with Gasteiger partial charge in [-0.3, -0.25) is 19.4 Å². The summed E-state index contributed by atoms with van der Waals surface area (Å²) in [6, 6.07) is 16.7. The molecule has 1 aromatic heterocycles. The SMILES string of the molecule is O=C(c1ccc(NS(=O)(=O)C2=c3ncccc3=CCC2)cc1)N1CCN(Cc2cccc(F)c2)CC1. The zero-order valence-electron chi connectivity index (χ0n) is 19.7. The number of anilines is 1. The molecule has 1 amide bonds. The molecule has 7 nitrogen and oxygen atoms in total. The number of piperazine rings is 1. The van der Waals surface area contributed by atoms with Gasteiger partial charge in [-0.25, -0.2) is 12.8 Å². The minimum absolute atomic E-state index is 0.0925. The van der Waals surface area contributed by atoms with E-state index in [0.717, 1.165) is 10.8 Å². The van der Waals surface area contributed by atoms with E-state index in [1.165, 1.54) is 12.1 Å². The molecule has 0 spiro atoms. The van der Waals surface area contributed by atoms with E-state index < -0.39 is 10.0 Å². The molecule has 0 saturated carbocycles. The second-order valence-corrected chi connectivity index (χ2v) is 10.7. The van der Waals surface area contributed by atoms with E-state index >= 15 is 0 Å². The van der Waals surface area contributed by atoms with Crippen molar-refractivity contribution >= 4 is 32.6 Å². The Kier molecular flexibility index (Phi) is 6.84. The van der Waals surface area contributed by atoms with Gasteiger partial charge in [-0.15, -0.1) is 0 Å². The van der Waals surface area contributed by atoms with Crippen molar-refractivity contribution in [2.75, 3.05) is 30.9 Å². The molecule has 0 radical (unpaired) electrons. The summed E-state index contributed by atoms with van der Waals surface area (Å²) in [5.74, 6) is -0.338. The Bertz CT molecular complexity index is 1500. The number of fused-ring (bicyclic) bond motifs is 1. The van der Waals surface area contributed by atoms with Crippen LogP contribution in [-0.2, 0) is 16.6 Å². The number of rotatable bonds is 6. The molecule has 0 bridgehead atoms. The lowest BCUT2D eigenvalue weighted by atomic mass is 10.1. The fourth-order valence-electron chi connectivity index (χ4n) is 4.64. The fourth-order valence-corrected chi connectivity index (χ4v) is 6.02. The second kappa shape index (κ2) is 10.2. The number of hydrogen-bond acceptors (Lipinski definition) is 5. The molecular weight excluding hydrogens is 479 g/mol. The zero-order valence-corrected chi connectivity index (χ0v) is 20.5. The highest BCUT2D eigenvalue weighted by Crippen LogP contribution is 2.20. The third-order valence-electron chi connectivity index (χ3n) is 6.50. The maximum atomic E-state index is 13.4. The molecule has 2 heterocycles. The van der Waals surface area contributed by atoms with E-state index in [0.29, 0.717) is 62.2 Å². The number of pyridine rings is 1. The lowest BCUT2D eigenvalue weighted by Gasteiger charge is -2.34. The Labute approximate surface area is 209 Å². The number of carbonyl (C=O) groups excluding carboxylic acids is 1. The first kappa shape index (κ1) is 24.1. The van der Waals surface area contributed by atoms with E-state index in [4.69, 9.17) is 0 Å². The lowest BCUT2D eigenvalue weighted by molar-refractivity contribution is 0.0628. The number of nitrogens with one attached hydrogen (secondary N) is 1. The van der Waals surface area contributed by atoms with E-state index in [9.17, 15) is 17.6 Å². The fraction of sp³-hybridized carbons (Fsp3) is 0.259. The highest BCUT2D eigenvalue weighted by molar-refractivity contribution is 8.01. The molecule has 1 N–H and O–H groups in total. The van der Waals surface area contributed by atoms with Crippen molar-refractivity contribution < 1.29 is 17.6 Å². The number of amides is 1. The molecule has 3 aromatic rings. The number of nitrogens with zero attached hydrogens (tertiary/aromatic N) is 3. The molecule has 9 heteroatoms. The van der Waals surface area contributed by atoms with Gasteiger partial charge in [-0.05, 0) is 66.1 Å². The topological polar surface area (TPSA) is 82.6 Å². The summed E-state index contributed by atoms with van der Waals surface area (Å²) in [5, 5.41) is 1.31. The van der Waals surface area contributed by atoms with Crippen LogP contribution in [0.25, 0.3) is 11.0 Å². The summed E-state index contributed by atoms with van der Waals surface area (Å²) in [6.45, 7) is 3.19. The van der Waals surface area contributed by atoms with Crippen LogP contribution in [0.15, 0.2) is 66.9 Å². The molecular formula is C27H27FN4O3S. The zero-order chi connectivity index (χ0) is 25.1. The Morgan fingerprint density at radius 2 is 1.78 bits per heavy atom.